The number of ether oxygens (including phenoxy) is 1. The van der Waals surface area contributed by atoms with Crippen LogP contribution in [0.1, 0.15) is 45.6 Å². The molecule has 1 rings (SSSR count). The standard InChI is InChI=1S/C18H33NO3/c1-14(2)8-9-19(11-18-7-6-16(5)22-18)10-17(20)13-21-12-15(3)4/h6-7,14-15,17,20H,8-13H2,1-5H3. The second-order valence-corrected chi connectivity index (χ2v) is 7.02. The van der Waals surface area contributed by atoms with E-state index in [1.54, 1.807) is 0 Å². The van der Waals surface area contributed by atoms with Gasteiger partial charge in [0.2, 0.25) is 0 Å². The van der Waals surface area contributed by atoms with Gasteiger partial charge < -0.3 is 14.3 Å². The zero-order valence-corrected chi connectivity index (χ0v) is 14.8. The molecule has 22 heavy (non-hydrogen) atoms. The van der Waals surface area contributed by atoms with E-state index in [0.29, 0.717) is 31.6 Å². The summed E-state index contributed by atoms with van der Waals surface area (Å²) in [6.07, 6.45) is 0.654. The molecule has 0 fully saturated rings. The van der Waals surface area contributed by atoms with Crippen molar-refractivity contribution in [2.45, 2.75) is 53.7 Å². The Labute approximate surface area is 135 Å². The van der Waals surface area contributed by atoms with Crippen molar-refractivity contribution in [1.82, 2.24) is 4.90 Å². The molecule has 0 saturated carbocycles. The van der Waals surface area contributed by atoms with Gasteiger partial charge in [-0.15, -0.1) is 0 Å². The highest BCUT2D eigenvalue weighted by Gasteiger charge is 2.15. The van der Waals surface area contributed by atoms with Gasteiger partial charge in [0.1, 0.15) is 11.5 Å². The number of furan rings is 1. The average molecular weight is 311 g/mol. The first-order chi connectivity index (χ1) is 10.4. The van der Waals surface area contributed by atoms with Crippen LogP contribution >= 0.6 is 0 Å². The lowest BCUT2D eigenvalue weighted by Crippen LogP contribution is -2.35. The molecule has 0 amide bonds. The molecule has 1 aromatic rings. The minimum atomic E-state index is -0.457. The number of hydrogen-bond acceptors (Lipinski definition) is 4. The van der Waals surface area contributed by atoms with Crippen molar-refractivity contribution < 1.29 is 14.3 Å². The molecule has 1 atom stereocenters. The van der Waals surface area contributed by atoms with Crippen molar-refractivity contribution >= 4 is 0 Å². The van der Waals surface area contributed by atoms with Crippen molar-refractivity contribution in [2.75, 3.05) is 26.3 Å². The van der Waals surface area contributed by atoms with Crippen LogP contribution in [-0.2, 0) is 11.3 Å². The van der Waals surface area contributed by atoms with Gasteiger partial charge in [0, 0.05) is 13.2 Å². The first-order valence-corrected chi connectivity index (χ1v) is 8.40. The van der Waals surface area contributed by atoms with E-state index < -0.39 is 6.10 Å². The number of aliphatic hydroxyl groups is 1. The Bertz CT molecular complexity index is 401. The summed E-state index contributed by atoms with van der Waals surface area (Å²) in [5.41, 5.74) is 0. The maximum Gasteiger partial charge on any atom is 0.118 e. The maximum absolute atomic E-state index is 10.2. The van der Waals surface area contributed by atoms with Gasteiger partial charge >= 0.3 is 0 Å². The molecule has 0 aliphatic carbocycles. The maximum atomic E-state index is 10.2. The fourth-order valence-electron chi connectivity index (χ4n) is 2.26. The molecule has 0 aliphatic heterocycles. The molecule has 1 unspecified atom stereocenters. The Morgan fingerprint density at radius 3 is 2.41 bits per heavy atom. The lowest BCUT2D eigenvalue weighted by molar-refractivity contribution is 0.00535. The third-order valence-corrected chi connectivity index (χ3v) is 3.43. The summed E-state index contributed by atoms with van der Waals surface area (Å²) in [4.78, 5) is 2.25. The van der Waals surface area contributed by atoms with Crippen LogP contribution in [0, 0.1) is 18.8 Å². The Morgan fingerprint density at radius 1 is 1.14 bits per heavy atom. The molecule has 0 aromatic carbocycles. The Morgan fingerprint density at radius 2 is 1.86 bits per heavy atom. The van der Waals surface area contributed by atoms with E-state index in [9.17, 15) is 5.11 Å². The smallest absolute Gasteiger partial charge is 0.118 e. The van der Waals surface area contributed by atoms with Crippen LogP contribution in [0.15, 0.2) is 16.5 Å². The van der Waals surface area contributed by atoms with Gasteiger partial charge in [0.25, 0.3) is 0 Å². The van der Waals surface area contributed by atoms with Crippen molar-refractivity contribution in [3.8, 4) is 0 Å². The minimum absolute atomic E-state index is 0.396. The monoisotopic (exact) mass is 311 g/mol. The molecule has 4 nitrogen and oxygen atoms in total. The third-order valence-electron chi connectivity index (χ3n) is 3.43. The normalized spacial score (nSPS) is 13.5. The van der Waals surface area contributed by atoms with Gasteiger partial charge in [-0.3, -0.25) is 4.90 Å². The van der Waals surface area contributed by atoms with Crippen LogP contribution in [0.25, 0.3) is 0 Å². The summed E-state index contributed by atoms with van der Waals surface area (Å²) in [5, 5.41) is 10.2. The van der Waals surface area contributed by atoms with Crippen LogP contribution in [0.5, 0.6) is 0 Å². The van der Waals surface area contributed by atoms with Gasteiger partial charge in [0.15, 0.2) is 0 Å². The van der Waals surface area contributed by atoms with Gasteiger partial charge in [-0.2, -0.15) is 0 Å². The molecule has 1 heterocycles. The van der Waals surface area contributed by atoms with E-state index in [-0.39, 0.29) is 0 Å². The average Bonchev–Trinajstić information content (AvgIpc) is 2.81. The van der Waals surface area contributed by atoms with Gasteiger partial charge in [0.05, 0.1) is 19.3 Å². The lowest BCUT2D eigenvalue weighted by atomic mass is 10.1. The Hall–Kier alpha value is -0.840. The molecule has 0 radical (unpaired) electrons. The summed E-state index contributed by atoms with van der Waals surface area (Å²) in [6, 6.07) is 4.00. The van der Waals surface area contributed by atoms with Crippen LogP contribution in [0.4, 0.5) is 0 Å². The largest absolute Gasteiger partial charge is 0.465 e. The highest BCUT2D eigenvalue weighted by Crippen LogP contribution is 2.12. The summed E-state index contributed by atoms with van der Waals surface area (Å²) in [5.74, 6) is 3.03. The molecule has 0 spiro atoms. The molecule has 128 valence electrons. The zero-order valence-electron chi connectivity index (χ0n) is 14.8. The quantitative estimate of drug-likeness (QED) is 0.680. The van der Waals surface area contributed by atoms with Crippen LogP contribution in [0.3, 0.4) is 0 Å². The number of aliphatic hydroxyl groups excluding tert-OH is 1. The van der Waals surface area contributed by atoms with E-state index in [1.165, 1.54) is 0 Å². The topological polar surface area (TPSA) is 45.8 Å². The highest BCUT2D eigenvalue weighted by atomic mass is 16.5. The predicted molar refractivity (Wildman–Crippen MR) is 89.8 cm³/mol. The van der Waals surface area contributed by atoms with E-state index in [0.717, 1.165) is 31.0 Å². The van der Waals surface area contributed by atoms with E-state index >= 15 is 0 Å². The van der Waals surface area contributed by atoms with E-state index in [4.69, 9.17) is 9.15 Å². The molecule has 1 N–H and O–H groups in total. The summed E-state index contributed by atoms with van der Waals surface area (Å²) < 4.78 is 11.2. The van der Waals surface area contributed by atoms with Crippen molar-refractivity contribution in [3.05, 3.63) is 23.7 Å². The molecule has 1 aromatic heterocycles. The number of hydrogen-bond donors (Lipinski definition) is 1. The lowest BCUT2D eigenvalue weighted by Gasteiger charge is -2.25. The highest BCUT2D eigenvalue weighted by molar-refractivity contribution is 5.05. The molecule has 0 aliphatic rings. The van der Waals surface area contributed by atoms with Crippen LogP contribution < -0.4 is 0 Å². The van der Waals surface area contributed by atoms with E-state index in [2.05, 4.69) is 32.6 Å². The van der Waals surface area contributed by atoms with Gasteiger partial charge in [-0.1, -0.05) is 27.7 Å². The third kappa shape index (κ3) is 8.57. The minimum Gasteiger partial charge on any atom is -0.465 e. The summed E-state index contributed by atoms with van der Waals surface area (Å²) in [6.45, 7) is 14.0. The second-order valence-electron chi connectivity index (χ2n) is 7.02. The number of nitrogens with zero attached hydrogens (tertiary/aromatic N) is 1. The molecule has 0 saturated heterocycles. The number of rotatable bonds is 11. The fraction of sp³-hybridized carbons (Fsp3) is 0.778. The summed E-state index contributed by atoms with van der Waals surface area (Å²) in [7, 11) is 0. The van der Waals surface area contributed by atoms with Crippen LogP contribution in [-0.4, -0.2) is 42.4 Å². The Kier molecular flexibility index (Phi) is 8.76. The fourth-order valence-corrected chi connectivity index (χ4v) is 2.26. The van der Waals surface area contributed by atoms with Crippen molar-refractivity contribution in [1.29, 1.82) is 0 Å². The predicted octanol–water partition coefficient (Wildman–Crippen LogP) is 3.47. The zero-order chi connectivity index (χ0) is 16.5. The van der Waals surface area contributed by atoms with Crippen LogP contribution in [0.2, 0.25) is 0 Å². The van der Waals surface area contributed by atoms with E-state index in [1.807, 2.05) is 19.1 Å². The molecule has 0 bridgehead atoms. The SMILES string of the molecule is Cc1ccc(CN(CCC(C)C)CC(O)COCC(C)C)o1. The second kappa shape index (κ2) is 10.0. The molecular weight excluding hydrogens is 278 g/mol. The van der Waals surface area contributed by atoms with Crippen molar-refractivity contribution in [2.24, 2.45) is 11.8 Å². The Balaban J connectivity index is 2.46. The number of aryl methyl sites for hydroxylation is 1. The first kappa shape index (κ1) is 19.2. The van der Waals surface area contributed by atoms with Gasteiger partial charge in [-0.25, -0.2) is 0 Å². The summed E-state index contributed by atoms with van der Waals surface area (Å²) >= 11 is 0. The van der Waals surface area contributed by atoms with Crippen molar-refractivity contribution in [3.63, 3.8) is 0 Å². The first-order valence-electron chi connectivity index (χ1n) is 8.40. The molecule has 4 heteroatoms. The van der Waals surface area contributed by atoms with Gasteiger partial charge in [-0.05, 0) is 43.9 Å². The molecular formula is C18H33NO3.